The van der Waals surface area contributed by atoms with Gasteiger partial charge in [-0.25, -0.2) is 8.42 Å². The number of ether oxygens (including phenoxy) is 2. The van der Waals surface area contributed by atoms with Crippen molar-refractivity contribution in [3.05, 3.63) is 24.3 Å². The lowest BCUT2D eigenvalue weighted by Crippen LogP contribution is -2.44. The minimum atomic E-state index is -3.49. The van der Waals surface area contributed by atoms with E-state index in [2.05, 4.69) is 0 Å². The van der Waals surface area contributed by atoms with Crippen LogP contribution in [-0.4, -0.2) is 56.9 Å². The Morgan fingerprint density at radius 1 is 1.33 bits per heavy atom. The van der Waals surface area contributed by atoms with Crippen LogP contribution in [0.25, 0.3) is 0 Å². The second-order valence-corrected chi connectivity index (χ2v) is 8.34. The Hall–Kier alpha value is -1.60. The van der Waals surface area contributed by atoms with Gasteiger partial charge in [-0.1, -0.05) is 0 Å². The van der Waals surface area contributed by atoms with E-state index >= 15 is 0 Å². The lowest BCUT2D eigenvalue weighted by Gasteiger charge is -2.31. The Kier molecular flexibility index (Phi) is 6.23. The summed E-state index contributed by atoms with van der Waals surface area (Å²) in [6.07, 6.45) is 0.00745. The highest BCUT2D eigenvalue weighted by molar-refractivity contribution is 7.91. The van der Waals surface area contributed by atoms with Crippen LogP contribution in [-0.2, 0) is 19.4 Å². The minimum Gasteiger partial charge on any atom is -0.491 e. The smallest absolute Gasteiger partial charge is 0.223 e. The van der Waals surface area contributed by atoms with Crippen molar-refractivity contribution in [2.45, 2.75) is 44.3 Å². The van der Waals surface area contributed by atoms with Gasteiger partial charge in [-0.15, -0.1) is 0 Å². The number of carbonyl (C=O) groups is 1. The molecule has 134 valence electrons. The van der Waals surface area contributed by atoms with Crippen molar-refractivity contribution in [2.75, 3.05) is 25.4 Å². The average molecular weight is 355 g/mol. The summed E-state index contributed by atoms with van der Waals surface area (Å²) in [5.74, 6) is 0.290. The number of carbonyl (C=O) groups excluding carboxylic acids is 1. The van der Waals surface area contributed by atoms with Gasteiger partial charge in [-0.3, -0.25) is 4.79 Å². The second kappa shape index (κ2) is 7.98. The van der Waals surface area contributed by atoms with Gasteiger partial charge >= 0.3 is 0 Å². The van der Waals surface area contributed by atoms with E-state index in [1.165, 1.54) is 12.1 Å². The van der Waals surface area contributed by atoms with E-state index in [0.29, 0.717) is 25.4 Å². The summed E-state index contributed by atoms with van der Waals surface area (Å²) in [5.41, 5.74) is 0. The van der Waals surface area contributed by atoms with Crippen LogP contribution in [0.2, 0.25) is 0 Å². The maximum absolute atomic E-state index is 12.4. The largest absolute Gasteiger partial charge is 0.491 e. The van der Waals surface area contributed by atoms with Gasteiger partial charge in [-0.05, 0) is 45.0 Å². The molecule has 1 heterocycles. The van der Waals surface area contributed by atoms with Crippen molar-refractivity contribution in [2.24, 2.45) is 0 Å². The third-order valence-electron chi connectivity index (χ3n) is 3.73. The standard InChI is InChI=1S/C17H25NO5S/c1-13(2)23-15-4-6-16(7-5-15)24(20,21)11-8-17(19)18-9-10-22-14(3)12-18/h4-7,13-14H,8-12H2,1-3H3. The predicted molar refractivity (Wildman–Crippen MR) is 90.9 cm³/mol. The van der Waals surface area contributed by atoms with Crippen LogP contribution >= 0.6 is 0 Å². The van der Waals surface area contributed by atoms with Crippen LogP contribution in [0.1, 0.15) is 27.2 Å². The highest BCUT2D eigenvalue weighted by Gasteiger charge is 2.23. The number of nitrogens with zero attached hydrogens (tertiary/aromatic N) is 1. The van der Waals surface area contributed by atoms with Crippen molar-refractivity contribution >= 4 is 15.7 Å². The monoisotopic (exact) mass is 355 g/mol. The Morgan fingerprint density at radius 3 is 2.58 bits per heavy atom. The zero-order chi connectivity index (χ0) is 17.7. The van der Waals surface area contributed by atoms with Gasteiger partial charge in [0, 0.05) is 19.5 Å². The maximum Gasteiger partial charge on any atom is 0.223 e. The molecule has 7 heteroatoms. The fourth-order valence-electron chi connectivity index (χ4n) is 2.54. The summed E-state index contributed by atoms with van der Waals surface area (Å²) >= 11 is 0. The molecule has 0 radical (unpaired) electrons. The van der Waals surface area contributed by atoms with E-state index in [1.54, 1.807) is 17.0 Å². The fraction of sp³-hybridized carbons (Fsp3) is 0.588. The minimum absolute atomic E-state index is 0.00666. The van der Waals surface area contributed by atoms with Crippen LogP contribution in [0.15, 0.2) is 29.2 Å². The first-order chi connectivity index (χ1) is 11.3. The number of benzene rings is 1. The summed E-state index contributed by atoms with van der Waals surface area (Å²) in [4.78, 5) is 14.1. The zero-order valence-corrected chi connectivity index (χ0v) is 15.2. The molecule has 0 spiro atoms. The first kappa shape index (κ1) is 18.7. The molecular weight excluding hydrogens is 330 g/mol. The first-order valence-corrected chi connectivity index (χ1v) is 9.82. The molecule has 1 atom stereocenters. The normalized spacial score (nSPS) is 18.7. The van der Waals surface area contributed by atoms with Gasteiger partial charge in [0.05, 0.1) is 29.5 Å². The van der Waals surface area contributed by atoms with E-state index in [9.17, 15) is 13.2 Å². The van der Waals surface area contributed by atoms with E-state index in [0.717, 1.165) is 0 Å². The highest BCUT2D eigenvalue weighted by Crippen LogP contribution is 2.19. The SMILES string of the molecule is CC(C)Oc1ccc(S(=O)(=O)CCC(=O)N2CCOC(C)C2)cc1. The molecule has 1 aromatic carbocycles. The Morgan fingerprint density at radius 2 is 2.00 bits per heavy atom. The quantitative estimate of drug-likeness (QED) is 0.779. The first-order valence-electron chi connectivity index (χ1n) is 8.17. The number of sulfone groups is 1. The molecule has 1 aromatic rings. The molecule has 1 fully saturated rings. The van der Waals surface area contributed by atoms with Crippen molar-refractivity contribution in [1.29, 1.82) is 0 Å². The zero-order valence-electron chi connectivity index (χ0n) is 14.4. The summed E-state index contributed by atoms with van der Waals surface area (Å²) < 4.78 is 35.7. The third-order valence-corrected chi connectivity index (χ3v) is 5.47. The van der Waals surface area contributed by atoms with Gasteiger partial charge in [0.1, 0.15) is 5.75 Å². The molecule has 0 aliphatic carbocycles. The van der Waals surface area contributed by atoms with Gasteiger partial charge in [-0.2, -0.15) is 0 Å². The fourth-order valence-corrected chi connectivity index (χ4v) is 3.77. The third kappa shape index (κ3) is 5.21. The van der Waals surface area contributed by atoms with Crippen LogP contribution in [0.5, 0.6) is 5.75 Å². The number of hydrogen-bond acceptors (Lipinski definition) is 5. The number of morpholine rings is 1. The average Bonchev–Trinajstić information content (AvgIpc) is 2.52. The van der Waals surface area contributed by atoms with E-state index in [-0.39, 0.29) is 35.2 Å². The summed E-state index contributed by atoms with van der Waals surface area (Å²) in [6.45, 7) is 7.24. The molecule has 0 saturated carbocycles. The van der Waals surface area contributed by atoms with Crippen LogP contribution < -0.4 is 4.74 Å². The summed E-state index contributed by atoms with van der Waals surface area (Å²) in [6, 6.07) is 6.32. The van der Waals surface area contributed by atoms with E-state index in [1.807, 2.05) is 20.8 Å². The van der Waals surface area contributed by atoms with Crippen molar-refractivity contribution in [3.8, 4) is 5.75 Å². The Balaban J connectivity index is 1.94. The van der Waals surface area contributed by atoms with Crippen LogP contribution in [0, 0.1) is 0 Å². The number of rotatable bonds is 6. The van der Waals surface area contributed by atoms with Crippen LogP contribution in [0.4, 0.5) is 0 Å². The molecule has 0 bridgehead atoms. The molecule has 6 nitrogen and oxygen atoms in total. The topological polar surface area (TPSA) is 72.9 Å². The van der Waals surface area contributed by atoms with E-state index < -0.39 is 9.84 Å². The van der Waals surface area contributed by atoms with Gasteiger partial charge in [0.25, 0.3) is 0 Å². The summed E-state index contributed by atoms with van der Waals surface area (Å²) in [7, 11) is -3.49. The molecule has 1 amide bonds. The molecule has 1 saturated heterocycles. The predicted octanol–water partition coefficient (Wildman–Crippen LogP) is 1.88. The summed E-state index contributed by atoms with van der Waals surface area (Å²) in [5, 5.41) is 0. The Labute approximate surface area is 143 Å². The molecule has 0 N–H and O–H groups in total. The molecule has 2 rings (SSSR count). The number of amides is 1. The molecular formula is C17H25NO5S. The highest BCUT2D eigenvalue weighted by atomic mass is 32.2. The number of hydrogen-bond donors (Lipinski definition) is 0. The van der Waals surface area contributed by atoms with Gasteiger partial charge < -0.3 is 14.4 Å². The molecule has 1 aliphatic heterocycles. The molecule has 1 unspecified atom stereocenters. The Bertz CT molecular complexity index is 654. The van der Waals surface area contributed by atoms with E-state index in [4.69, 9.17) is 9.47 Å². The van der Waals surface area contributed by atoms with Gasteiger partial charge in [0.15, 0.2) is 9.84 Å². The second-order valence-electron chi connectivity index (χ2n) is 6.23. The van der Waals surface area contributed by atoms with Crippen molar-refractivity contribution < 1.29 is 22.7 Å². The lowest BCUT2D eigenvalue weighted by atomic mass is 10.3. The maximum atomic E-state index is 12.4. The van der Waals surface area contributed by atoms with Crippen molar-refractivity contribution in [1.82, 2.24) is 4.90 Å². The molecule has 24 heavy (non-hydrogen) atoms. The lowest BCUT2D eigenvalue weighted by molar-refractivity contribution is -0.137. The van der Waals surface area contributed by atoms with Crippen LogP contribution in [0.3, 0.4) is 0 Å². The molecule has 1 aliphatic rings. The molecule has 0 aromatic heterocycles. The van der Waals surface area contributed by atoms with Crippen molar-refractivity contribution in [3.63, 3.8) is 0 Å². The van der Waals surface area contributed by atoms with Gasteiger partial charge in [0.2, 0.25) is 5.91 Å².